The van der Waals surface area contributed by atoms with E-state index < -0.39 is 0 Å². The summed E-state index contributed by atoms with van der Waals surface area (Å²) in [4.78, 5) is 12.2. The number of nitrogens with one attached hydrogen (secondary N) is 3. The molecule has 1 amide bonds. The Morgan fingerprint density at radius 1 is 1.11 bits per heavy atom. The van der Waals surface area contributed by atoms with Gasteiger partial charge in [-0.05, 0) is 36.4 Å². The quantitative estimate of drug-likeness (QED) is 0.320. The molecule has 0 saturated carbocycles. The number of hydrogen-bond donors (Lipinski definition) is 5. The fourth-order valence-electron chi connectivity index (χ4n) is 2.76. The Kier molecular flexibility index (Phi) is 4.24. The first kappa shape index (κ1) is 17.3. The topological polar surface area (TPSA) is 165 Å². The maximum absolute atomic E-state index is 12.2. The highest BCUT2D eigenvalue weighted by molar-refractivity contribution is 5.96. The van der Waals surface area contributed by atoms with Gasteiger partial charge >= 0.3 is 0 Å². The van der Waals surface area contributed by atoms with E-state index in [-0.39, 0.29) is 12.5 Å². The zero-order chi connectivity index (χ0) is 19.7. The monoisotopic (exact) mass is 378 g/mol. The third-order valence-corrected chi connectivity index (χ3v) is 4.21. The Hall–Kier alpha value is -4.15. The van der Waals surface area contributed by atoms with Crippen molar-refractivity contribution in [2.45, 2.75) is 0 Å². The highest BCUT2D eigenvalue weighted by Crippen LogP contribution is 2.23. The molecule has 0 fully saturated rings. The molecule has 0 saturated heterocycles. The molecule has 4 aromatic rings. The number of benzene rings is 2. The fourth-order valence-corrected chi connectivity index (χ4v) is 2.76. The summed E-state index contributed by atoms with van der Waals surface area (Å²) in [6.45, 7) is -0.00187. The second kappa shape index (κ2) is 6.87. The normalized spacial score (nSPS) is 10.9. The molecule has 0 atom stereocenters. The first-order valence-electron chi connectivity index (χ1n) is 8.40. The molecule has 0 aliphatic rings. The SMILES string of the molecule is Cn1c(NCC(=O)Nc2ccc(N)cc2N)nnc1-c1ccc2n[nH]nc2c1. The van der Waals surface area contributed by atoms with Crippen molar-refractivity contribution in [2.75, 3.05) is 28.6 Å². The molecule has 2 heterocycles. The summed E-state index contributed by atoms with van der Waals surface area (Å²) >= 11 is 0. The molecule has 11 heteroatoms. The predicted molar refractivity (Wildman–Crippen MR) is 106 cm³/mol. The number of aromatic amines is 1. The summed E-state index contributed by atoms with van der Waals surface area (Å²) in [6, 6.07) is 10.5. The number of carbonyl (C=O) groups is 1. The van der Waals surface area contributed by atoms with Crippen LogP contribution in [0.25, 0.3) is 22.4 Å². The van der Waals surface area contributed by atoms with Crippen molar-refractivity contribution in [1.29, 1.82) is 0 Å². The second-order valence-electron chi connectivity index (χ2n) is 6.18. The number of H-pyrrole nitrogens is 1. The molecule has 4 rings (SSSR count). The lowest BCUT2D eigenvalue weighted by Gasteiger charge is -2.10. The maximum atomic E-state index is 12.2. The number of fused-ring (bicyclic) bond motifs is 1. The standard InChI is InChI=1S/C17H18N10O/c1-27-16(9-2-4-13-14(6-9)23-26-22-13)24-25-17(27)20-8-15(28)21-12-5-3-10(18)7-11(12)19/h2-7H,8,18-19H2,1H3,(H,20,25)(H,21,28)(H,22,23,26). The molecule has 2 aromatic heterocycles. The molecule has 0 unspecified atom stereocenters. The Labute approximate surface area is 159 Å². The highest BCUT2D eigenvalue weighted by atomic mass is 16.1. The van der Waals surface area contributed by atoms with Gasteiger partial charge < -0.3 is 22.1 Å². The number of carbonyl (C=O) groups excluding carboxylic acids is 1. The Morgan fingerprint density at radius 2 is 1.93 bits per heavy atom. The predicted octanol–water partition coefficient (Wildman–Crippen LogP) is 0.968. The van der Waals surface area contributed by atoms with Crippen LogP contribution in [0.2, 0.25) is 0 Å². The van der Waals surface area contributed by atoms with Gasteiger partial charge in [0.15, 0.2) is 5.82 Å². The van der Waals surface area contributed by atoms with Crippen molar-refractivity contribution < 1.29 is 4.79 Å². The van der Waals surface area contributed by atoms with Gasteiger partial charge in [0.25, 0.3) is 0 Å². The molecule has 142 valence electrons. The summed E-state index contributed by atoms with van der Waals surface area (Å²) in [7, 11) is 1.81. The van der Waals surface area contributed by atoms with Gasteiger partial charge in [0.1, 0.15) is 11.0 Å². The molecular formula is C17H18N10O. The zero-order valence-corrected chi connectivity index (χ0v) is 15.0. The summed E-state index contributed by atoms with van der Waals surface area (Å²) < 4.78 is 1.76. The van der Waals surface area contributed by atoms with Crippen LogP contribution in [0.15, 0.2) is 36.4 Å². The molecule has 11 nitrogen and oxygen atoms in total. The van der Waals surface area contributed by atoms with E-state index in [1.165, 1.54) is 0 Å². The molecule has 0 aliphatic heterocycles. The Bertz CT molecular complexity index is 1160. The van der Waals surface area contributed by atoms with Crippen molar-refractivity contribution in [2.24, 2.45) is 7.05 Å². The Balaban J connectivity index is 1.45. The van der Waals surface area contributed by atoms with E-state index in [0.717, 1.165) is 16.6 Å². The third kappa shape index (κ3) is 3.28. The van der Waals surface area contributed by atoms with Gasteiger partial charge in [0, 0.05) is 18.3 Å². The largest absolute Gasteiger partial charge is 0.399 e. The fraction of sp³-hybridized carbons (Fsp3) is 0.118. The van der Waals surface area contributed by atoms with Crippen molar-refractivity contribution in [1.82, 2.24) is 30.2 Å². The minimum atomic E-state index is -0.273. The number of nitrogens with zero attached hydrogens (tertiary/aromatic N) is 5. The second-order valence-corrected chi connectivity index (χ2v) is 6.18. The van der Waals surface area contributed by atoms with Crippen molar-refractivity contribution in [3.8, 4) is 11.4 Å². The molecule has 0 bridgehead atoms. The minimum absolute atomic E-state index is 0.00187. The number of nitrogen functional groups attached to an aromatic ring is 2. The van der Waals surface area contributed by atoms with E-state index in [9.17, 15) is 4.79 Å². The summed E-state index contributed by atoms with van der Waals surface area (Å²) in [5.74, 6) is 0.816. The molecule has 2 aromatic carbocycles. The van der Waals surface area contributed by atoms with Gasteiger partial charge in [-0.1, -0.05) is 0 Å². The number of anilines is 4. The molecule has 28 heavy (non-hydrogen) atoms. The number of amides is 1. The van der Waals surface area contributed by atoms with Crippen molar-refractivity contribution in [3.63, 3.8) is 0 Å². The minimum Gasteiger partial charge on any atom is -0.399 e. The van der Waals surface area contributed by atoms with Crippen LogP contribution in [0.3, 0.4) is 0 Å². The van der Waals surface area contributed by atoms with Gasteiger partial charge in [0.05, 0.1) is 17.9 Å². The average molecular weight is 378 g/mol. The van der Waals surface area contributed by atoms with Crippen molar-refractivity contribution >= 4 is 40.0 Å². The van der Waals surface area contributed by atoms with Crippen LogP contribution in [0.1, 0.15) is 0 Å². The van der Waals surface area contributed by atoms with E-state index in [4.69, 9.17) is 11.5 Å². The van der Waals surface area contributed by atoms with E-state index in [2.05, 4.69) is 36.2 Å². The van der Waals surface area contributed by atoms with E-state index in [1.54, 1.807) is 29.8 Å². The number of hydrogen-bond acceptors (Lipinski definition) is 8. The lowest BCUT2D eigenvalue weighted by atomic mass is 10.2. The van der Waals surface area contributed by atoms with Gasteiger partial charge in [0.2, 0.25) is 11.9 Å². The van der Waals surface area contributed by atoms with Crippen LogP contribution < -0.4 is 22.1 Å². The average Bonchev–Trinajstić information content (AvgIpc) is 3.28. The van der Waals surface area contributed by atoms with Gasteiger partial charge in [-0.2, -0.15) is 15.4 Å². The number of nitrogens with two attached hydrogens (primary N) is 2. The summed E-state index contributed by atoms with van der Waals surface area (Å²) in [5, 5.41) is 24.7. The first-order chi connectivity index (χ1) is 13.5. The van der Waals surface area contributed by atoms with E-state index >= 15 is 0 Å². The van der Waals surface area contributed by atoms with Gasteiger partial charge in [-0.25, -0.2) is 0 Å². The van der Waals surface area contributed by atoms with Crippen molar-refractivity contribution in [3.05, 3.63) is 36.4 Å². The molecule has 0 aliphatic carbocycles. The molecular weight excluding hydrogens is 360 g/mol. The first-order valence-corrected chi connectivity index (χ1v) is 8.40. The molecule has 0 radical (unpaired) electrons. The lowest BCUT2D eigenvalue weighted by Crippen LogP contribution is -2.23. The summed E-state index contributed by atoms with van der Waals surface area (Å²) in [6.07, 6.45) is 0. The van der Waals surface area contributed by atoms with Crippen LogP contribution in [-0.2, 0) is 11.8 Å². The van der Waals surface area contributed by atoms with Crippen LogP contribution in [0.4, 0.5) is 23.0 Å². The van der Waals surface area contributed by atoms with Gasteiger partial charge in [-0.3, -0.25) is 9.36 Å². The van der Waals surface area contributed by atoms with E-state index in [0.29, 0.717) is 28.8 Å². The third-order valence-electron chi connectivity index (χ3n) is 4.21. The number of aromatic nitrogens is 6. The molecule has 0 spiro atoms. The lowest BCUT2D eigenvalue weighted by molar-refractivity contribution is -0.114. The Morgan fingerprint density at radius 3 is 2.75 bits per heavy atom. The van der Waals surface area contributed by atoms with Gasteiger partial charge in [-0.15, -0.1) is 10.2 Å². The van der Waals surface area contributed by atoms with Crippen LogP contribution in [0, 0.1) is 0 Å². The molecule has 7 N–H and O–H groups in total. The van der Waals surface area contributed by atoms with Crippen LogP contribution >= 0.6 is 0 Å². The highest BCUT2D eigenvalue weighted by Gasteiger charge is 2.13. The smallest absolute Gasteiger partial charge is 0.243 e. The van der Waals surface area contributed by atoms with Crippen LogP contribution in [0.5, 0.6) is 0 Å². The van der Waals surface area contributed by atoms with Crippen LogP contribution in [-0.4, -0.2) is 42.6 Å². The summed E-state index contributed by atoms with van der Waals surface area (Å²) in [5.41, 5.74) is 15.3. The van der Waals surface area contributed by atoms with E-state index in [1.807, 2.05) is 18.2 Å². The number of rotatable bonds is 5. The zero-order valence-electron chi connectivity index (χ0n) is 15.0. The maximum Gasteiger partial charge on any atom is 0.243 e.